The Labute approximate surface area is 107 Å². The maximum Gasteiger partial charge on any atom is 0.300 e. The zero-order chi connectivity index (χ0) is 13.0. The zero-order valence-corrected chi connectivity index (χ0v) is 10.6. The molecule has 0 bridgehead atoms. The van der Waals surface area contributed by atoms with Crippen molar-refractivity contribution < 1.29 is 13.9 Å². The minimum atomic E-state index is -0.423. The fourth-order valence-electron chi connectivity index (χ4n) is 2.24. The summed E-state index contributed by atoms with van der Waals surface area (Å²) in [6.45, 7) is 2.69. The van der Waals surface area contributed by atoms with Crippen LogP contribution in [0.2, 0.25) is 0 Å². The molecule has 0 saturated heterocycles. The number of carbonyl (C=O) groups is 1. The summed E-state index contributed by atoms with van der Waals surface area (Å²) in [5, 5.41) is 0. The summed E-state index contributed by atoms with van der Waals surface area (Å²) in [7, 11) is 0. The first-order valence-corrected chi connectivity index (χ1v) is 6.40. The van der Waals surface area contributed by atoms with Gasteiger partial charge in [0.15, 0.2) is 5.76 Å². The van der Waals surface area contributed by atoms with Crippen molar-refractivity contribution >= 4 is 5.91 Å². The maximum absolute atomic E-state index is 11.2. The first-order chi connectivity index (χ1) is 8.69. The van der Waals surface area contributed by atoms with Gasteiger partial charge in [0, 0.05) is 0 Å². The summed E-state index contributed by atoms with van der Waals surface area (Å²) in [6.07, 6.45) is 4.99. The summed E-state index contributed by atoms with van der Waals surface area (Å²) < 4.78 is 11.1. The number of hydrogen-bond acceptors (Lipinski definition) is 4. The van der Waals surface area contributed by atoms with Crippen LogP contribution in [0, 0.1) is 5.92 Å². The molecular weight excluding hydrogens is 232 g/mol. The Morgan fingerprint density at radius 1 is 1.44 bits per heavy atom. The summed E-state index contributed by atoms with van der Waals surface area (Å²) in [5.74, 6) is 6.29. The van der Waals surface area contributed by atoms with Crippen LogP contribution in [0.25, 0.3) is 0 Å². The van der Waals surface area contributed by atoms with Crippen molar-refractivity contribution in [2.24, 2.45) is 11.8 Å². The van der Waals surface area contributed by atoms with E-state index < -0.39 is 5.91 Å². The highest BCUT2D eigenvalue weighted by Gasteiger charge is 2.19. The quantitative estimate of drug-likeness (QED) is 0.488. The van der Waals surface area contributed by atoms with E-state index in [1.807, 2.05) is 5.43 Å². The summed E-state index contributed by atoms with van der Waals surface area (Å²) in [6, 6.07) is 3.35. The number of hydrogen-bond donors (Lipinski definition) is 2. The Kier molecular flexibility index (Phi) is 4.38. The van der Waals surface area contributed by atoms with Crippen LogP contribution in [-0.2, 0) is 11.3 Å². The predicted octanol–water partition coefficient (Wildman–Crippen LogP) is 1.98. The van der Waals surface area contributed by atoms with Gasteiger partial charge in [-0.3, -0.25) is 10.2 Å². The topological polar surface area (TPSA) is 77.5 Å². The van der Waals surface area contributed by atoms with Crippen LogP contribution in [0.4, 0.5) is 0 Å². The third-order valence-corrected chi connectivity index (χ3v) is 3.44. The molecule has 3 N–H and O–H groups in total. The normalized spacial score (nSPS) is 23.9. The van der Waals surface area contributed by atoms with Crippen LogP contribution >= 0.6 is 0 Å². The van der Waals surface area contributed by atoms with Gasteiger partial charge >= 0.3 is 5.91 Å². The lowest BCUT2D eigenvalue weighted by Crippen LogP contribution is -2.29. The Bertz CT molecular complexity index is 395. The predicted molar refractivity (Wildman–Crippen MR) is 66.6 cm³/mol. The van der Waals surface area contributed by atoms with Crippen LogP contribution in [0.3, 0.4) is 0 Å². The van der Waals surface area contributed by atoms with Crippen LogP contribution in [0.15, 0.2) is 16.5 Å². The molecule has 0 atom stereocenters. The number of hydrazine groups is 1. The Balaban J connectivity index is 1.79. The number of furan rings is 1. The summed E-state index contributed by atoms with van der Waals surface area (Å²) >= 11 is 0. The van der Waals surface area contributed by atoms with Gasteiger partial charge in [0.05, 0.1) is 6.10 Å². The fourth-order valence-corrected chi connectivity index (χ4v) is 2.24. The minimum Gasteiger partial charge on any atom is -0.453 e. The number of nitrogens with two attached hydrogens (primary N) is 1. The number of nitrogen functional groups attached to an aromatic ring is 1. The van der Waals surface area contributed by atoms with Crippen LogP contribution in [0.5, 0.6) is 0 Å². The van der Waals surface area contributed by atoms with Gasteiger partial charge in [-0.25, -0.2) is 5.84 Å². The molecule has 1 aliphatic carbocycles. The van der Waals surface area contributed by atoms with Crippen molar-refractivity contribution in [1.29, 1.82) is 0 Å². The molecule has 1 saturated carbocycles. The molecule has 0 aliphatic heterocycles. The smallest absolute Gasteiger partial charge is 0.300 e. The molecule has 18 heavy (non-hydrogen) atoms. The highest BCUT2D eigenvalue weighted by molar-refractivity contribution is 5.90. The van der Waals surface area contributed by atoms with Crippen molar-refractivity contribution in [3.8, 4) is 0 Å². The molecule has 100 valence electrons. The van der Waals surface area contributed by atoms with E-state index in [4.69, 9.17) is 15.0 Å². The Morgan fingerprint density at radius 3 is 2.83 bits per heavy atom. The zero-order valence-electron chi connectivity index (χ0n) is 10.6. The Hall–Kier alpha value is -1.33. The number of ether oxygens (including phenoxy) is 1. The third kappa shape index (κ3) is 3.34. The van der Waals surface area contributed by atoms with Gasteiger partial charge in [-0.2, -0.15) is 0 Å². The second-order valence-corrected chi connectivity index (χ2v) is 4.93. The average Bonchev–Trinajstić information content (AvgIpc) is 2.86. The molecule has 1 heterocycles. The lowest BCUT2D eigenvalue weighted by atomic mass is 9.89. The number of rotatable bonds is 4. The van der Waals surface area contributed by atoms with Crippen LogP contribution in [0.1, 0.15) is 48.9 Å². The van der Waals surface area contributed by atoms with Gasteiger partial charge in [0.1, 0.15) is 12.4 Å². The van der Waals surface area contributed by atoms with Crippen LogP contribution in [-0.4, -0.2) is 12.0 Å². The lowest BCUT2D eigenvalue weighted by Gasteiger charge is -2.25. The molecule has 0 radical (unpaired) electrons. The second kappa shape index (κ2) is 6.02. The Morgan fingerprint density at radius 2 is 2.17 bits per heavy atom. The molecule has 1 amide bonds. The van der Waals surface area contributed by atoms with Crippen molar-refractivity contribution in [2.75, 3.05) is 0 Å². The lowest BCUT2D eigenvalue weighted by molar-refractivity contribution is 0.000987. The molecule has 0 spiro atoms. The van der Waals surface area contributed by atoms with E-state index in [1.54, 1.807) is 12.1 Å². The molecule has 1 aromatic rings. The second-order valence-electron chi connectivity index (χ2n) is 4.93. The van der Waals surface area contributed by atoms with Crippen molar-refractivity contribution in [2.45, 2.75) is 45.3 Å². The van der Waals surface area contributed by atoms with Gasteiger partial charge in [0.25, 0.3) is 0 Å². The van der Waals surface area contributed by atoms with Gasteiger partial charge in [-0.15, -0.1) is 0 Å². The molecule has 2 rings (SSSR count). The van der Waals surface area contributed by atoms with E-state index in [9.17, 15) is 4.79 Å². The van der Waals surface area contributed by atoms with Crippen molar-refractivity contribution in [1.82, 2.24) is 5.43 Å². The maximum atomic E-state index is 11.2. The molecule has 0 aromatic carbocycles. The van der Waals surface area contributed by atoms with Crippen LogP contribution < -0.4 is 11.3 Å². The minimum absolute atomic E-state index is 0.216. The molecule has 1 fully saturated rings. The SMILES string of the molecule is CC1CCC(OCc2ccc(C(=O)NN)o2)CC1. The number of carbonyl (C=O) groups excluding carboxylic acids is 1. The van der Waals surface area contributed by atoms with Crippen molar-refractivity contribution in [3.05, 3.63) is 23.7 Å². The van der Waals surface area contributed by atoms with Gasteiger partial charge in [-0.05, 0) is 43.7 Å². The largest absolute Gasteiger partial charge is 0.453 e. The monoisotopic (exact) mass is 252 g/mol. The first-order valence-electron chi connectivity index (χ1n) is 6.40. The van der Waals surface area contributed by atoms with Crippen molar-refractivity contribution in [3.63, 3.8) is 0 Å². The van der Waals surface area contributed by atoms with Gasteiger partial charge in [-0.1, -0.05) is 6.92 Å². The average molecular weight is 252 g/mol. The van der Waals surface area contributed by atoms with E-state index >= 15 is 0 Å². The van der Waals surface area contributed by atoms with E-state index in [-0.39, 0.29) is 5.76 Å². The number of nitrogens with one attached hydrogen (secondary N) is 1. The number of amides is 1. The highest BCUT2D eigenvalue weighted by Crippen LogP contribution is 2.26. The van der Waals surface area contributed by atoms with Gasteiger partial charge < -0.3 is 9.15 Å². The van der Waals surface area contributed by atoms with Gasteiger partial charge in [0.2, 0.25) is 0 Å². The highest BCUT2D eigenvalue weighted by atomic mass is 16.5. The molecule has 5 heteroatoms. The molecular formula is C13H20N2O3. The van der Waals surface area contributed by atoms with E-state index in [0.29, 0.717) is 18.5 Å². The van der Waals surface area contributed by atoms with E-state index in [2.05, 4.69) is 6.92 Å². The summed E-state index contributed by atoms with van der Waals surface area (Å²) in [5.41, 5.74) is 2.03. The van der Waals surface area contributed by atoms with E-state index in [0.717, 1.165) is 18.8 Å². The first kappa shape index (κ1) is 13.1. The fraction of sp³-hybridized carbons (Fsp3) is 0.615. The van der Waals surface area contributed by atoms with E-state index in [1.165, 1.54) is 12.8 Å². The standard InChI is InChI=1S/C13H20N2O3/c1-9-2-4-10(5-3-9)17-8-11-6-7-12(18-11)13(16)15-14/h6-7,9-10H,2-5,8,14H2,1H3,(H,15,16). The molecule has 1 aromatic heterocycles. The third-order valence-electron chi connectivity index (χ3n) is 3.44. The molecule has 1 aliphatic rings. The molecule has 0 unspecified atom stereocenters. The molecule has 5 nitrogen and oxygen atoms in total. The summed E-state index contributed by atoms with van der Waals surface area (Å²) in [4.78, 5) is 11.2.